The van der Waals surface area contributed by atoms with Crippen molar-refractivity contribution in [2.24, 2.45) is 5.92 Å². The Morgan fingerprint density at radius 1 is 1.38 bits per heavy atom. The Morgan fingerprint density at radius 2 is 2.25 bits per heavy atom. The van der Waals surface area contributed by atoms with E-state index in [1.807, 2.05) is 12.3 Å². The van der Waals surface area contributed by atoms with Crippen LogP contribution in [0.25, 0.3) is 0 Å². The van der Waals surface area contributed by atoms with Crippen LogP contribution in [0.15, 0.2) is 48.8 Å². The molecule has 24 heavy (non-hydrogen) atoms. The molecule has 2 heterocycles. The van der Waals surface area contributed by atoms with Gasteiger partial charge in [0.05, 0.1) is 29.4 Å². The highest BCUT2D eigenvalue weighted by molar-refractivity contribution is 6.33. The van der Waals surface area contributed by atoms with E-state index in [0.717, 1.165) is 23.2 Å². The Morgan fingerprint density at radius 3 is 3.00 bits per heavy atom. The summed E-state index contributed by atoms with van der Waals surface area (Å²) in [5.41, 5.74) is 3.46. The monoisotopic (exact) mass is 340 g/mol. The number of methoxy groups -OCH3 is 1. The molecule has 3 atom stereocenters. The van der Waals surface area contributed by atoms with Crippen LogP contribution in [0, 0.1) is 5.92 Å². The molecule has 1 aromatic heterocycles. The third-order valence-corrected chi connectivity index (χ3v) is 5.23. The standard InChI is InChI=1S/C19H17ClN2O2/c1-24-19(23)14-7-8-15(20)18-16(14)12-5-2-6-13(12)17(22-18)11-4-3-9-21-10-11/h2-5,7-10,12-13,17,22H,6H2,1H3/t12-,13+,17-/m1/s1. The van der Waals surface area contributed by atoms with Crippen molar-refractivity contribution in [2.75, 3.05) is 12.4 Å². The van der Waals surface area contributed by atoms with Gasteiger partial charge in [0.25, 0.3) is 0 Å². The van der Waals surface area contributed by atoms with E-state index in [0.29, 0.717) is 16.5 Å². The number of nitrogens with one attached hydrogen (secondary N) is 1. The second-order valence-electron chi connectivity index (χ2n) is 6.14. The molecule has 4 rings (SSSR count). The quantitative estimate of drug-likeness (QED) is 0.652. The zero-order valence-electron chi connectivity index (χ0n) is 13.2. The van der Waals surface area contributed by atoms with E-state index in [9.17, 15) is 4.79 Å². The van der Waals surface area contributed by atoms with Crippen LogP contribution in [-0.4, -0.2) is 18.1 Å². The van der Waals surface area contributed by atoms with Crippen LogP contribution in [0.3, 0.4) is 0 Å². The summed E-state index contributed by atoms with van der Waals surface area (Å²) in [6, 6.07) is 7.62. The summed E-state index contributed by atoms with van der Waals surface area (Å²) < 4.78 is 4.96. The smallest absolute Gasteiger partial charge is 0.338 e. The van der Waals surface area contributed by atoms with Gasteiger partial charge in [0.2, 0.25) is 0 Å². The van der Waals surface area contributed by atoms with Crippen molar-refractivity contribution in [3.63, 3.8) is 0 Å². The third-order valence-electron chi connectivity index (χ3n) is 4.92. The summed E-state index contributed by atoms with van der Waals surface area (Å²) in [6.45, 7) is 0. The summed E-state index contributed by atoms with van der Waals surface area (Å²) in [5.74, 6) is 0.131. The van der Waals surface area contributed by atoms with Gasteiger partial charge in [-0.3, -0.25) is 4.98 Å². The van der Waals surface area contributed by atoms with Gasteiger partial charge in [0, 0.05) is 18.3 Å². The Bertz CT molecular complexity index is 820. The molecule has 0 radical (unpaired) electrons. The number of anilines is 1. The second-order valence-corrected chi connectivity index (χ2v) is 6.54. The lowest BCUT2D eigenvalue weighted by atomic mass is 9.75. The number of carbonyl (C=O) groups excluding carboxylic acids is 1. The molecule has 0 saturated carbocycles. The Hall–Kier alpha value is -2.33. The summed E-state index contributed by atoms with van der Waals surface area (Å²) in [6.07, 6.45) is 8.96. The number of benzene rings is 1. The molecule has 0 spiro atoms. The molecule has 2 aliphatic rings. The van der Waals surface area contributed by atoms with Gasteiger partial charge in [-0.2, -0.15) is 0 Å². The summed E-state index contributed by atoms with van der Waals surface area (Å²) in [7, 11) is 1.40. The fourth-order valence-electron chi connectivity index (χ4n) is 3.85. The number of allylic oxidation sites excluding steroid dienone is 2. The molecule has 0 bridgehead atoms. The van der Waals surface area contributed by atoms with Crippen molar-refractivity contribution in [2.45, 2.75) is 18.4 Å². The maximum atomic E-state index is 12.2. The summed E-state index contributed by atoms with van der Waals surface area (Å²) in [5, 5.41) is 4.17. The van der Waals surface area contributed by atoms with Crippen molar-refractivity contribution in [1.29, 1.82) is 0 Å². The van der Waals surface area contributed by atoms with Crippen molar-refractivity contribution >= 4 is 23.3 Å². The van der Waals surface area contributed by atoms with Crippen molar-refractivity contribution in [3.8, 4) is 0 Å². The normalized spacial score (nSPS) is 24.0. The van der Waals surface area contributed by atoms with Crippen molar-refractivity contribution in [3.05, 3.63) is 70.5 Å². The van der Waals surface area contributed by atoms with Crippen LogP contribution in [0.2, 0.25) is 5.02 Å². The van der Waals surface area contributed by atoms with E-state index >= 15 is 0 Å². The van der Waals surface area contributed by atoms with Gasteiger partial charge in [-0.15, -0.1) is 0 Å². The molecule has 1 aromatic carbocycles. The average Bonchev–Trinajstić information content (AvgIpc) is 3.11. The zero-order chi connectivity index (χ0) is 16.7. The van der Waals surface area contributed by atoms with Gasteiger partial charge in [-0.1, -0.05) is 29.8 Å². The molecular formula is C19H17ClN2O2. The predicted octanol–water partition coefficient (Wildman–Crippen LogP) is 4.35. The number of halogens is 1. The van der Waals surface area contributed by atoms with E-state index < -0.39 is 0 Å². The molecule has 4 nitrogen and oxygen atoms in total. The number of aromatic nitrogens is 1. The largest absolute Gasteiger partial charge is 0.465 e. The van der Waals surface area contributed by atoms with Gasteiger partial charge in [0.1, 0.15) is 0 Å². The van der Waals surface area contributed by atoms with Crippen LogP contribution in [-0.2, 0) is 4.74 Å². The zero-order valence-corrected chi connectivity index (χ0v) is 14.0. The molecule has 2 aromatic rings. The van der Waals surface area contributed by atoms with Gasteiger partial charge in [-0.25, -0.2) is 4.79 Å². The average molecular weight is 341 g/mol. The predicted molar refractivity (Wildman–Crippen MR) is 93.4 cm³/mol. The summed E-state index contributed by atoms with van der Waals surface area (Å²) in [4.78, 5) is 16.5. The van der Waals surface area contributed by atoms with Gasteiger partial charge < -0.3 is 10.1 Å². The second kappa shape index (κ2) is 5.95. The Balaban J connectivity index is 1.87. The first kappa shape index (κ1) is 15.2. The summed E-state index contributed by atoms with van der Waals surface area (Å²) >= 11 is 6.45. The minimum absolute atomic E-state index is 0.108. The molecule has 0 unspecified atom stereocenters. The number of hydrogen-bond donors (Lipinski definition) is 1. The van der Waals surface area contributed by atoms with E-state index in [1.165, 1.54) is 7.11 Å². The highest BCUT2D eigenvalue weighted by Crippen LogP contribution is 2.52. The number of fused-ring (bicyclic) bond motifs is 3. The maximum Gasteiger partial charge on any atom is 0.338 e. The molecule has 1 aliphatic heterocycles. The lowest BCUT2D eigenvalue weighted by Crippen LogP contribution is -2.30. The molecule has 0 fully saturated rings. The van der Waals surface area contributed by atoms with Crippen LogP contribution in [0.4, 0.5) is 5.69 Å². The van der Waals surface area contributed by atoms with Crippen LogP contribution < -0.4 is 5.32 Å². The Labute approximate surface area is 145 Å². The van der Waals surface area contributed by atoms with Crippen molar-refractivity contribution in [1.82, 2.24) is 4.98 Å². The van der Waals surface area contributed by atoms with Gasteiger partial charge >= 0.3 is 5.97 Å². The molecule has 5 heteroatoms. The van der Waals surface area contributed by atoms with Crippen LogP contribution in [0.1, 0.15) is 39.9 Å². The van der Waals surface area contributed by atoms with E-state index in [2.05, 4.69) is 28.5 Å². The first-order valence-corrected chi connectivity index (χ1v) is 8.32. The van der Waals surface area contributed by atoms with E-state index in [1.54, 1.807) is 18.3 Å². The van der Waals surface area contributed by atoms with E-state index in [-0.39, 0.29) is 17.9 Å². The Kier molecular flexibility index (Phi) is 3.77. The molecule has 1 N–H and O–H groups in total. The first-order valence-electron chi connectivity index (χ1n) is 7.94. The highest BCUT2D eigenvalue weighted by Gasteiger charge is 2.41. The number of hydrogen-bond acceptors (Lipinski definition) is 4. The van der Waals surface area contributed by atoms with E-state index in [4.69, 9.17) is 16.3 Å². The molecule has 0 saturated heterocycles. The highest BCUT2D eigenvalue weighted by atomic mass is 35.5. The minimum atomic E-state index is -0.330. The molecule has 1 aliphatic carbocycles. The number of pyridine rings is 1. The third kappa shape index (κ3) is 2.29. The minimum Gasteiger partial charge on any atom is -0.465 e. The molecular weight excluding hydrogens is 324 g/mol. The number of rotatable bonds is 2. The van der Waals surface area contributed by atoms with Gasteiger partial charge in [0.15, 0.2) is 0 Å². The number of esters is 1. The molecule has 122 valence electrons. The fourth-order valence-corrected chi connectivity index (χ4v) is 4.07. The van der Waals surface area contributed by atoms with Crippen LogP contribution in [0.5, 0.6) is 0 Å². The number of carbonyl (C=O) groups is 1. The van der Waals surface area contributed by atoms with Crippen LogP contribution >= 0.6 is 11.6 Å². The fraction of sp³-hybridized carbons (Fsp3) is 0.263. The van der Waals surface area contributed by atoms with Crippen molar-refractivity contribution < 1.29 is 9.53 Å². The SMILES string of the molecule is COC(=O)c1ccc(Cl)c2c1[C@@H]1C=CC[C@@H]1[C@@H](c1cccnc1)N2. The first-order chi connectivity index (χ1) is 11.7. The number of nitrogens with zero attached hydrogens (tertiary/aromatic N) is 1. The maximum absolute atomic E-state index is 12.2. The molecule has 0 amide bonds. The van der Waals surface area contributed by atoms with Gasteiger partial charge in [-0.05, 0) is 41.7 Å². The lowest BCUT2D eigenvalue weighted by molar-refractivity contribution is 0.0598. The number of ether oxygens (including phenoxy) is 1. The lowest BCUT2D eigenvalue weighted by Gasteiger charge is -2.38. The topological polar surface area (TPSA) is 51.2 Å².